The summed E-state index contributed by atoms with van der Waals surface area (Å²) in [5.41, 5.74) is -0.653. The Morgan fingerprint density at radius 2 is 1.72 bits per heavy atom. The summed E-state index contributed by atoms with van der Waals surface area (Å²) < 4.78 is 26.0. The maximum Gasteiger partial charge on any atom is 0.326 e. The number of nitriles is 1. The van der Waals surface area contributed by atoms with Gasteiger partial charge in [-0.25, -0.2) is 8.42 Å². The van der Waals surface area contributed by atoms with Gasteiger partial charge >= 0.3 is 5.97 Å². The third-order valence-corrected chi connectivity index (χ3v) is 7.08. The number of carboxylic acids is 1. The van der Waals surface area contributed by atoms with Crippen molar-refractivity contribution in [3.63, 3.8) is 0 Å². The Bertz CT molecular complexity index is 977. The molecule has 1 saturated carbocycles. The molecule has 7 heteroatoms. The number of carbonyl (C=O) groups is 1. The average Bonchev–Trinajstić information content (AvgIpc) is 3.27. The van der Waals surface area contributed by atoms with Gasteiger partial charge in [0.1, 0.15) is 5.25 Å². The van der Waals surface area contributed by atoms with Crippen molar-refractivity contribution in [1.29, 1.82) is 5.26 Å². The van der Waals surface area contributed by atoms with Crippen LogP contribution in [0.4, 0.5) is 0 Å². The van der Waals surface area contributed by atoms with E-state index in [-0.39, 0.29) is 4.90 Å². The predicted molar refractivity (Wildman–Crippen MR) is 92.0 cm³/mol. The number of aryl methyl sites for hydroxylation is 1. The summed E-state index contributed by atoms with van der Waals surface area (Å²) in [5.74, 6) is -2.38. The molecule has 0 aromatic heterocycles. The molecule has 0 spiro atoms. The first kappa shape index (κ1) is 17.5. The second-order valence-electron chi connectivity index (χ2n) is 6.09. The van der Waals surface area contributed by atoms with Gasteiger partial charge in [-0.05, 0) is 36.8 Å². The second kappa shape index (κ2) is 5.87. The molecule has 0 amide bonds. The molecule has 5 nitrogen and oxygen atoms in total. The third-order valence-electron chi connectivity index (χ3n) is 4.58. The Hall–Kier alpha value is -2.36. The van der Waals surface area contributed by atoms with Crippen molar-refractivity contribution in [3.8, 4) is 6.07 Å². The summed E-state index contributed by atoms with van der Waals surface area (Å²) in [7, 11) is -3.99. The van der Waals surface area contributed by atoms with E-state index >= 15 is 0 Å². The average molecular weight is 376 g/mol. The monoisotopic (exact) mass is 375 g/mol. The van der Waals surface area contributed by atoms with Crippen LogP contribution < -0.4 is 0 Å². The quantitative estimate of drug-likeness (QED) is 0.885. The smallest absolute Gasteiger partial charge is 0.326 e. The predicted octanol–water partition coefficient (Wildman–Crippen LogP) is 3.18. The van der Waals surface area contributed by atoms with Crippen LogP contribution >= 0.6 is 11.6 Å². The summed E-state index contributed by atoms with van der Waals surface area (Å²) in [6.07, 6.45) is 0. The van der Waals surface area contributed by atoms with Crippen molar-refractivity contribution >= 4 is 27.4 Å². The van der Waals surface area contributed by atoms with Crippen LogP contribution in [-0.4, -0.2) is 24.7 Å². The summed E-state index contributed by atoms with van der Waals surface area (Å²) >= 11 is 5.84. The molecule has 1 N–H and O–H groups in total. The second-order valence-corrected chi connectivity index (χ2v) is 8.60. The van der Waals surface area contributed by atoms with Crippen LogP contribution in [0, 0.1) is 23.7 Å². The van der Waals surface area contributed by atoms with Gasteiger partial charge in [0.25, 0.3) is 0 Å². The molecular formula is C18H14ClNO4S. The first-order valence-corrected chi connectivity index (χ1v) is 9.38. The Kier molecular flexibility index (Phi) is 4.10. The van der Waals surface area contributed by atoms with E-state index in [2.05, 4.69) is 0 Å². The lowest BCUT2D eigenvalue weighted by molar-refractivity contribution is -0.141. The van der Waals surface area contributed by atoms with Gasteiger partial charge in [0.05, 0.1) is 11.0 Å². The standard InChI is InChI=1S/C18H14ClNO4S/c1-11-2-8-14(9-3-11)25(23,24)16-15(18(16,10-20)17(21)22)12-4-6-13(19)7-5-12/h2-9,15-16H,1H3,(H,21,22)/t15-,16+,18-/m0/s1. The summed E-state index contributed by atoms with van der Waals surface area (Å²) in [6, 6.07) is 14.1. The molecule has 0 heterocycles. The van der Waals surface area contributed by atoms with E-state index in [1.807, 2.05) is 6.92 Å². The van der Waals surface area contributed by atoms with E-state index in [1.165, 1.54) is 12.1 Å². The first-order chi connectivity index (χ1) is 11.7. The lowest BCUT2D eigenvalue weighted by atomic mass is 10.0. The molecule has 3 rings (SSSR count). The van der Waals surface area contributed by atoms with Gasteiger partial charge in [0, 0.05) is 10.9 Å². The lowest BCUT2D eigenvalue weighted by Gasteiger charge is -2.05. The highest BCUT2D eigenvalue weighted by atomic mass is 35.5. The molecule has 0 saturated heterocycles. The van der Waals surface area contributed by atoms with E-state index in [0.717, 1.165) is 5.56 Å². The maximum absolute atomic E-state index is 13.0. The van der Waals surface area contributed by atoms with Gasteiger partial charge < -0.3 is 5.11 Å². The highest BCUT2D eigenvalue weighted by Crippen LogP contribution is 2.64. The topological polar surface area (TPSA) is 95.2 Å². The number of benzene rings is 2. The van der Waals surface area contributed by atoms with Crippen LogP contribution in [0.3, 0.4) is 0 Å². The van der Waals surface area contributed by atoms with Crippen molar-refractivity contribution in [2.24, 2.45) is 5.41 Å². The minimum atomic E-state index is -3.99. The van der Waals surface area contributed by atoms with Gasteiger partial charge in [-0.1, -0.05) is 41.4 Å². The number of nitrogens with zero attached hydrogens (tertiary/aromatic N) is 1. The fourth-order valence-corrected chi connectivity index (χ4v) is 5.57. The molecule has 0 bridgehead atoms. The summed E-state index contributed by atoms with van der Waals surface area (Å²) in [5, 5.41) is 18.2. The molecule has 25 heavy (non-hydrogen) atoms. The minimum Gasteiger partial charge on any atom is -0.480 e. The number of sulfone groups is 1. The number of carboxylic acid groups (broad SMARTS) is 1. The molecular weight excluding hydrogens is 362 g/mol. The molecule has 0 unspecified atom stereocenters. The Morgan fingerprint density at radius 1 is 1.16 bits per heavy atom. The van der Waals surface area contributed by atoms with Gasteiger partial charge in [-0.2, -0.15) is 5.26 Å². The zero-order valence-electron chi connectivity index (χ0n) is 13.2. The number of rotatable bonds is 4. The van der Waals surface area contributed by atoms with E-state index < -0.39 is 32.4 Å². The highest BCUT2D eigenvalue weighted by molar-refractivity contribution is 7.92. The van der Waals surface area contributed by atoms with Gasteiger partial charge in [-0.15, -0.1) is 0 Å². The molecule has 0 aliphatic heterocycles. The van der Waals surface area contributed by atoms with Crippen LogP contribution in [0.15, 0.2) is 53.4 Å². The SMILES string of the molecule is Cc1ccc(S(=O)(=O)[C@@H]2[C@H](c3ccc(Cl)cc3)[C@]2(C#N)C(=O)O)cc1. The van der Waals surface area contributed by atoms with Crippen molar-refractivity contribution in [2.45, 2.75) is 23.0 Å². The van der Waals surface area contributed by atoms with Gasteiger partial charge in [0.15, 0.2) is 15.3 Å². The van der Waals surface area contributed by atoms with Gasteiger partial charge in [0.2, 0.25) is 0 Å². The first-order valence-electron chi connectivity index (χ1n) is 7.46. The van der Waals surface area contributed by atoms with Crippen LogP contribution in [0.2, 0.25) is 5.02 Å². The van der Waals surface area contributed by atoms with Crippen LogP contribution in [0.5, 0.6) is 0 Å². The molecule has 1 aliphatic carbocycles. The molecule has 1 aliphatic rings. The largest absolute Gasteiger partial charge is 0.480 e. The van der Waals surface area contributed by atoms with E-state index in [4.69, 9.17) is 11.6 Å². The van der Waals surface area contributed by atoms with Crippen LogP contribution in [0.25, 0.3) is 0 Å². The molecule has 0 radical (unpaired) electrons. The number of halogens is 1. The van der Waals surface area contributed by atoms with E-state index in [0.29, 0.717) is 10.6 Å². The molecule has 2 aromatic carbocycles. The molecule has 1 fully saturated rings. The normalized spacial score (nSPS) is 25.2. The molecule has 2 aromatic rings. The molecule has 128 valence electrons. The highest BCUT2D eigenvalue weighted by Gasteiger charge is 2.77. The zero-order valence-corrected chi connectivity index (χ0v) is 14.8. The minimum absolute atomic E-state index is 0.0143. The van der Waals surface area contributed by atoms with Crippen molar-refractivity contribution in [2.75, 3.05) is 0 Å². The molecule has 3 atom stereocenters. The van der Waals surface area contributed by atoms with Crippen molar-refractivity contribution < 1.29 is 18.3 Å². The lowest BCUT2D eigenvalue weighted by Crippen LogP contribution is -2.22. The van der Waals surface area contributed by atoms with E-state index in [9.17, 15) is 23.6 Å². The Balaban J connectivity index is 2.12. The van der Waals surface area contributed by atoms with E-state index in [1.54, 1.807) is 42.5 Å². The Morgan fingerprint density at radius 3 is 2.20 bits per heavy atom. The Labute approximate surface area is 150 Å². The fourth-order valence-electron chi connectivity index (χ4n) is 3.20. The summed E-state index contributed by atoms with van der Waals surface area (Å²) in [4.78, 5) is 11.8. The zero-order chi connectivity index (χ0) is 18.4. The maximum atomic E-state index is 13.0. The number of hydrogen-bond acceptors (Lipinski definition) is 4. The van der Waals surface area contributed by atoms with Crippen molar-refractivity contribution in [1.82, 2.24) is 0 Å². The summed E-state index contributed by atoms with van der Waals surface area (Å²) in [6.45, 7) is 1.82. The van der Waals surface area contributed by atoms with Crippen LogP contribution in [0.1, 0.15) is 17.0 Å². The van der Waals surface area contributed by atoms with Crippen molar-refractivity contribution in [3.05, 3.63) is 64.7 Å². The fraction of sp³-hybridized carbons (Fsp3) is 0.222. The third kappa shape index (κ3) is 2.60. The number of aliphatic carboxylic acids is 1. The number of hydrogen-bond donors (Lipinski definition) is 1. The van der Waals surface area contributed by atoms with Gasteiger partial charge in [-0.3, -0.25) is 4.79 Å². The van der Waals surface area contributed by atoms with Crippen LogP contribution in [-0.2, 0) is 14.6 Å².